The molecule has 5 heterocycles. The molecule has 0 unspecified atom stereocenters. The maximum Gasteiger partial charge on any atom is 0.220 e. The van der Waals surface area contributed by atoms with E-state index in [-0.39, 0.29) is 19.1 Å². The van der Waals surface area contributed by atoms with E-state index >= 15 is 0 Å². The summed E-state index contributed by atoms with van der Waals surface area (Å²) >= 11 is 0. The first-order chi connectivity index (χ1) is 30.6. The minimum Gasteiger partial charge on any atom is -0.463 e. The zero-order valence-electron chi connectivity index (χ0n) is 37.8. The highest BCUT2D eigenvalue weighted by atomic mass is 16.6. The van der Waals surface area contributed by atoms with Gasteiger partial charge in [-0.25, -0.2) is 4.98 Å². The standard InChI is InChI=1S/C46H60N4O5.C5H12O3/c1-4-7-10-13-19-32-35-22-23-37(47-35)33(20-14-11-8-5-2)43-45(53)46(54)44(50-43)34(21-15-12-9-6-3)38-25-27-40(49-38)42(39-26-24-36(32)48-39)30-17-16-18-31(28-30)55-41(52)29-51;1-4(8)5(2-6)3-7/h16-18,22-28,41,45-46,48-49,51-54H,4-15,19-21,29H2,1-3H3;4-8H,2-3H2,1H3/t41-,45-,46+;4-/m00/s1. The molecule has 1 aromatic carbocycles. The van der Waals surface area contributed by atoms with E-state index in [2.05, 4.69) is 61.1 Å². The van der Waals surface area contributed by atoms with Gasteiger partial charge in [0.15, 0.2) is 0 Å². The summed E-state index contributed by atoms with van der Waals surface area (Å²) in [5.74, 6) is 0.0503. The summed E-state index contributed by atoms with van der Waals surface area (Å²) < 4.78 is 5.62. The Kier molecular flexibility index (Phi) is 19.8. The van der Waals surface area contributed by atoms with Crippen molar-refractivity contribution >= 4 is 34.2 Å². The van der Waals surface area contributed by atoms with E-state index in [9.17, 15) is 20.4 Å². The first-order valence-corrected chi connectivity index (χ1v) is 23.3. The molecule has 3 aromatic heterocycles. The Hall–Kier alpha value is -4.40. The number of unbranched alkanes of at least 4 members (excludes halogenated alkanes) is 9. The molecule has 0 fully saturated rings. The summed E-state index contributed by atoms with van der Waals surface area (Å²) in [5, 5.41) is 68.6. The number of aromatic amines is 2. The van der Waals surface area contributed by atoms with Crippen LogP contribution in [0, 0.1) is 5.92 Å². The number of rotatable bonds is 22. The molecule has 0 radical (unpaired) electrons. The number of aliphatic hydroxyl groups is 7. The summed E-state index contributed by atoms with van der Waals surface area (Å²) in [6.07, 6.45) is 15.1. The number of nitrogens with one attached hydrogen (secondary N) is 2. The zero-order chi connectivity index (χ0) is 45.3. The van der Waals surface area contributed by atoms with Crippen molar-refractivity contribution in [3.05, 3.63) is 88.0 Å². The van der Waals surface area contributed by atoms with Gasteiger partial charge in [0.05, 0.1) is 42.1 Å². The van der Waals surface area contributed by atoms with Crippen molar-refractivity contribution in [3.8, 4) is 16.9 Å². The van der Waals surface area contributed by atoms with Crippen LogP contribution in [0.4, 0.5) is 0 Å². The normalized spacial score (nSPS) is 15.7. The van der Waals surface area contributed by atoms with Crippen LogP contribution in [-0.4, -0.2) is 87.9 Å². The van der Waals surface area contributed by atoms with Crippen LogP contribution in [0.15, 0.2) is 48.5 Å². The average molecular weight is 869 g/mol. The quantitative estimate of drug-likeness (QED) is 0.0238. The minimum atomic E-state index is -1.34. The topological polar surface area (TPSA) is 208 Å². The molecule has 0 spiro atoms. The van der Waals surface area contributed by atoms with Gasteiger partial charge in [-0.1, -0.05) is 90.7 Å². The molecule has 2 aliphatic heterocycles. The number of aryl methyl sites for hydroxylation is 2. The van der Waals surface area contributed by atoms with Gasteiger partial charge in [0.25, 0.3) is 0 Å². The predicted molar refractivity (Wildman–Crippen MR) is 252 cm³/mol. The molecule has 6 rings (SSSR count). The first kappa shape index (κ1) is 49.6. The summed E-state index contributed by atoms with van der Waals surface area (Å²) in [6.45, 7) is 7.33. The lowest BCUT2D eigenvalue weighted by molar-refractivity contribution is -0.0548. The lowest BCUT2D eigenvalue weighted by Gasteiger charge is -2.13. The second-order valence-corrected chi connectivity index (χ2v) is 17.0. The number of aliphatic hydroxyl groups excluding tert-OH is 7. The number of hydrogen-bond acceptors (Lipinski definition) is 10. The zero-order valence-corrected chi connectivity index (χ0v) is 37.8. The van der Waals surface area contributed by atoms with E-state index in [4.69, 9.17) is 30.0 Å². The van der Waals surface area contributed by atoms with Gasteiger partial charge in [-0.15, -0.1) is 0 Å². The Bertz CT molecular complexity index is 2230. The Balaban J connectivity index is 0.000000852. The molecular weight excluding hydrogens is 797 g/mol. The summed E-state index contributed by atoms with van der Waals surface area (Å²) in [5.41, 5.74) is 11.0. The van der Waals surface area contributed by atoms with Crippen molar-refractivity contribution in [3.63, 3.8) is 0 Å². The van der Waals surface area contributed by atoms with E-state index in [1.54, 1.807) is 6.07 Å². The van der Waals surface area contributed by atoms with E-state index < -0.39 is 31.2 Å². The van der Waals surface area contributed by atoms with Crippen molar-refractivity contribution in [1.29, 1.82) is 0 Å². The van der Waals surface area contributed by atoms with Crippen molar-refractivity contribution in [2.45, 2.75) is 149 Å². The fraction of sp³-hybridized carbons (Fsp3) is 0.529. The molecule has 0 amide bonds. The lowest BCUT2D eigenvalue weighted by atomic mass is 9.98. The van der Waals surface area contributed by atoms with E-state index in [0.29, 0.717) is 23.6 Å². The number of fused-ring (bicyclic) bond motifs is 8. The highest BCUT2D eigenvalue weighted by molar-refractivity contribution is 5.94. The Morgan fingerprint density at radius 3 is 1.59 bits per heavy atom. The first-order valence-electron chi connectivity index (χ1n) is 23.3. The molecule has 12 heteroatoms. The minimum absolute atomic E-state index is 0.159. The third-order valence-electron chi connectivity index (χ3n) is 12.1. The summed E-state index contributed by atoms with van der Waals surface area (Å²) in [7, 11) is 0. The van der Waals surface area contributed by atoms with Crippen LogP contribution >= 0.6 is 0 Å². The molecule has 12 nitrogen and oxygen atoms in total. The summed E-state index contributed by atoms with van der Waals surface area (Å²) in [6, 6.07) is 15.9. The lowest BCUT2D eigenvalue weighted by Crippen LogP contribution is -2.23. The van der Waals surface area contributed by atoms with Crippen molar-refractivity contribution < 1.29 is 40.5 Å². The average Bonchev–Trinajstić information content (AvgIpc) is 4.11. The largest absolute Gasteiger partial charge is 0.463 e. The third kappa shape index (κ3) is 13.1. The molecule has 63 heavy (non-hydrogen) atoms. The predicted octanol–water partition coefficient (Wildman–Crippen LogP) is 8.95. The number of nitrogens with zero attached hydrogens (tertiary/aromatic N) is 2. The highest BCUT2D eigenvalue weighted by Crippen LogP contribution is 2.39. The second-order valence-electron chi connectivity index (χ2n) is 17.0. The smallest absolute Gasteiger partial charge is 0.220 e. The Labute approximate surface area is 372 Å². The fourth-order valence-corrected chi connectivity index (χ4v) is 8.30. The monoisotopic (exact) mass is 869 g/mol. The summed E-state index contributed by atoms with van der Waals surface area (Å²) in [4.78, 5) is 17.9. The molecule has 9 N–H and O–H groups in total. The van der Waals surface area contributed by atoms with Gasteiger partial charge >= 0.3 is 0 Å². The van der Waals surface area contributed by atoms with E-state index in [1.807, 2.05) is 24.3 Å². The van der Waals surface area contributed by atoms with E-state index in [0.717, 1.165) is 145 Å². The molecular formula is C51H72N4O8. The van der Waals surface area contributed by atoms with Crippen LogP contribution in [0.2, 0.25) is 0 Å². The van der Waals surface area contributed by atoms with Crippen LogP contribution in [0.25, 0.3) is 45.3 Å². The molecule has 4 aromatic rings. The molecule has 8 bridgehead atoms. The molecule has 0 aliphatic carbocycles. The number of benzene rings is 1. The highest BCUT2D eigenvalue weighted by Gasteiger charge is 2.34. The SMILES string of the molecule is CCCCCCc1c2nc(c(CCCCCC)c3ccc([nH]3)c(-c3cccc(O[C@H](O)CO)c3)c3ccc([nH]3)c(CCCCCC)c3nc1[C@H](O)[C@@H]3O)C=C2.C[C@H](O)C(CO)CO. The fourth-order valence-electron chi connectivity index (χ4n) is 8.30. The van der Waals surface area contributed by atoms with E-state index in [1.165, 1.54) is 13.3 Å². The molecule has 344 valence electrons. The van der Waals surface area contributed by atoms with Gasteiger partial charge in [-0.05, 0) is 105 Å². The van der Waals surface area contributed by atoms with Gasteiger partial charge in [-0.3, -0.25) is 4.98 Å². The third-order valence-corrected chi connectivity index (χ3v) is 12.1. The van der Waals surface area contributed by atoms with Crippen LogP contribution in [-0.2, 0) is 19.3 Å². The second kappa shape index (κ2) is 25.2. The van der Waals surface area contributed by atoms with Crippen molar-refractivity contribution in [1.82, 2.24) is 19.9 Å². The van der Waals surface area contributed by atoms with Gasteiger partial charge in [0.1, 0.15) is 24.6 Å². The molecule has 4 atom stereocenters. The maximum absolute atomic E-state index is 11.8. The van der Waals surface area contributed by atoms with Gasteiger partial charge in [-0.2, -0.15) is 0 Å². The number of hydrogen-bond donors (Lipinski definition) is 9. The van der Waals surface area contributed by atoms with Crippen molar-refractivity contribution in [2.24, 2.45) is 5.92 Å². The number of H-pyrrole nitrogens is 2. The van der Waals surface area contributed by atoms with Gasteiger partial charge < -0.3 is 50.5 Å². The van der Waals surface area contributed by atoms with Crippen molar-refractivity contribution in [2.75, 3.05) is 19.8 Å². The Morgan fingerprint density at radius 1 is 0.587 bits per heavy atom. The number of ether oxygens (including phenoxy) is 1. The molecule has 2 aliphatic rings. The molecule has 0 saturated carbocycles. The van der Waals surface area contributed by atoms with Crippen LogP contribution in [0.1, 0.15) is 156 Å². The number of aromatic nitrogens is 4. The maximum atomic E-state index is 11.8. The van der Waals surface area contributed by atoms with Gasteiger partial charge in [0.2, 0.25) is 6.29 Å². The molecule has 0 saturated heterocycles. The van der Waals surface area contributed by atoms with Gasteiger partial charge in [0, 0.05) is 44.7 Å². The van der Waals surface area contributed by atoms with Crippen LogP contribution in [0.3, 0.4) is 0 Å². The Morgan fingerprint density at radius 2 is 1.08 bits per heavy atom. The van der Waals surface area contributed by atoms with Crippen LogP contribution in [0.5, 0.6) is 5.75 Å². The van der Waals surface area contributed by atoms with Crippen LogP contribution < -0.4 is 4.74 Å².